The van der Waals surface area contributed by atoms with Gasteiger partial charge in [-0.2, -0.15) is 0 Å². The first-order chi connectivity index (χ1) is 29.8. The van der Waals surface area contributed by atoms with Crippen LogP contribution in [0.3, 0.4) is 0 Å². The maximum atomic E-state index is 12.7. The summed E-state index contributed by atoms with van der Waals surface area (Å²) in [6, 6.07) is 0. The molecule has 11 nitrogen and oxygen atoms in total. The van der Waals surface area contributed by atoms with Crippen molar-refractivity contribution in [2.45, 2.75) is 186 Å². The van der Waals surface area contributed by atoms with E-state index in [9.17, 15) is 29.3 Å². The molecule has 0 aliphatic heterocycles. The van der Waals surface area contributed by atoms with Crippen molar-refractivity contribution in [3.05, 3.63) is 72.9 Å². The number of carbonyl (C=O) groups excluding carboxylic acids is 2. The van der Waals surface area contributed by atoms with E-state index in [4.69, 9.17) is 18.5 Å². The summed E-state index contributed by atoms with van der Waals surface area (Å²) in [5, 5.41) is 20.0. The molecule has 0 aromatic carbocycles. The minimum atomic E-state index is -4.43. The molecule has 62 heavy (non-hydrogen) atoms. The summed E-state index contributed by atoms with van der Waals surface area (Å²) in [5.41, 5.74) is 0. The summed E-state index contributed by atoms with van der Waals surface area (Å²) in [6.07, 6.45) is 44.6. The van der Waals surface area contributed by atoms with Crippen molar-refractivity contribution in [2.75, 3.05) is 47.5 Å². The summed E-state index contributed by atoms with van der Waals surface area (Å²) >= 11 is 0. The van der Waals surface area contributed by atoms with Gasteiger partial charge in [-0.15, -0.1) is 0 Å². The maximum Gasteiger partial charge on any atom is 0.472 e. The number of nitrogens with zero attached hydrogens (tertiary/aromatic N) is 1. The van der Waals surface area contributed by atoms with E-state index in [1.54, 1.807) is 36.5 Å². The smallest absolute Gasteiger partial charge is 0.462 e. The van der Waals surface area contributed by atoms with Gasteiger partial charge >= 0.3 is 19.8 Å². The zero-order chi connectivity index (χ0) is 46.0. The van der Waals surface area contributed by atoms with Crippen LogP contribution in [0.4, 0.5) is 0 Å². The van der Waals surface area contributed by atoms with Gasteiger partial charge in [0.15, 0.2) is 6.10 Å². The van der Waals surface area contributed by atoms with Crippen LogP contribution in [0, 0.1) is 0 Å². The van der Waals surface area contributed by atoms with Gasteiger partial charge in [0.1, 0.15) is 19.8 Å². The Bertz CT molecular complexity index is 1320. The summed E-state index contributed by atoms with van der Waals surface area (Å²) < 4.78 is 34.2. The Morgan fingerprint density at radius 1 is 0.597 bits per heavy atom. The topological polar surface area (TPSA) is 149 Å². The molecular weight excluding hydrogens is 806 g/mol. The molecule has 0 aromatic rings. The molecule has 0 amide bonds. The Hall–Kier alpha value is -2.63. The minimum absolute atomic E-state index is 0.00414. The molecule has 0 bridgehead atoms. The van der Waals surface area contributed by atoms with Gasteiger partial charge in [-0.25, -0.2) is 4.57 Å². The van der Waals surface area contributed by atoms with Gasteiger partial charge in [0, 0.05) is 12.8 Å². The van der Waals surface area contributed by atoms with Gasteiger partial charge in [-0.1, -0.05) is 189 Å². The number of hydrogen-bond donors (Lipinski definition) is 3. The standard InChI is InChI=1S/C50H88NO10P/c1-6-8-10-11-12-13-14-15-16-17-18-19-20-21-22-26-34-40-49(54)58-44-48(45-60-62(56,57)59-43-42-51(3,4)5)61-50(55)41-35-27-24-23-25-31-37-47(53)39-33-29-28-32-38-46(52)36-30-9-7-2/h9,24-25,27-33,38-39,46-48,52-53H,6-8,10-23,26,34-37,40-45H2,1-5H3/p+1/b27-24-,29-28-,30-9-,31-25-,38-32+,39-33+/t46-,47+,48+/m0/s1. The van der Waals surface area contributed by atoms with E-state index in [1.165, 1.54) is 83.5 Å². The average molecular weight is 895 g/mol. The van der Waals surface area contributed by atoms with Gasteiger partial charge in [-0.05, 0) is 38.5 Å². The highest BCUT2D eigenvalue weighted by Crippen LogP contribution is 2.43. The van der Waals surface area contributed by atoms with Crippen molar-refractivity contribution in [1.29, 1.82) is 0 Å². The fraction of sp³-hybridized carbons (Fsp3) is 0.720. The van der Waals surface area contributed by atoms with Crippen molar-refractivity contribution in [2.24, 2.45) is 0 Å². The number of rotatable bonds is 42. The Morgan fingerprint density at radius 3 is 1.61 bits per heavy atom. The van der Waals surface area contributed by atoms with Gasteiger partial charge in [0.25, 0.3) is 0 Å². The molecule has 0 rings (SSSR count). The van der Waals surface area contributed by atoms with Crippen LogP contribution >= 0.6 is 7.82 Å². The Balaban J connectivity index is 4.54. The highest BCUT2D eigenvalue weighted by Gasteiger charge is 2.27. The molecule has 0 heterocycles. The molecule has 3 N–H and O–H groups in total. The lowest BCUT2D eigenvalue weighted by Gasteiger charge is -2.24. The van der Waals surface area contributed by atoms with Crippen LogP contribution in [0.1, 0.15) is 168 Å². The third kappa shape index (κ3) is 44.0. The second-order valence-electron chi connectivity index (χ2n) is 17.2. The van der Waals surface area contributed by atoms with E-state index in [-0.39, 0.29) is 26.1 Å². The molecule has 0 fully saturated rings. The number of allylic oxidation sites excluding steroid dienone is 8. The number of ether oxygens (including phenoxy) is 2. The van der Waals surface area contributed by atoms with Crippen LogP contribution in [-0.2, 0) is 32.7 Å². The lowest BCUT2D eigenvalue weighted by Crippen LogP contribution is -2.37. The van der Waals surface area contributed by atoms with E-state index in [0.717, 1.165) is 25.7 Å². The molecule has 12 heteroatoms. The second-order valence-corrected chi connectivity index (χ2v) is 18.6. The van der Waals surface area contributed by atoms with Gasteiger partial charge in [0.2, 0.25) is 0 Å². The van der Waals surface area contributed by atoms with Crippen LogP contribution < -0.4 is 0 Å². The minimum Gasteiger partial charge on any atom is -0.462 e. The number of esters is 2. The Labute approximate surface area is 377 Å². The number of carbonyl (C=O) groups is 2. The van der Waals surface area contributed by atoms with Crippen molar-refractivity contribution < 1.29 is 52.3 Å². The van der Waals surface area contributed by atoms with Crippen LogP contribution in [0.25, 0.3) is 0 Å². The molecule has 0 aliphatic rings. The van der Waals surface area contributed by atoms with Gasteiger partial charge in [0.05, 0.1) is 40.0 Å². The summed E-state index contributed by atoms with van der Waals surface area (Å²) in [6.45, 7) is 4.03. The molecule has 0 radical (unpaired) electrons. The quantitative estimate of drug-likeness (QED) is 0.0135. The zero-order valence-electron chi connectivity index (χ0n) is 39.6. The SMILES string of the molecule is CC/C=C\C[C@H](O)/C=C/C=C\C=C\[C@H](O)C/C=C\C/C=C\CCC(=O)O[C@H](COC(=O)CCCCCCCCCCCCCCCCCCC)COP(=O)(O)OCC[N+](C)(C)C. The molecule has 1 unspecified atom stereocenters. The van der Waals surface area contributed by atoms with Crippen LogP contribution in [0.2, 0.25) is 0 Å². The number of phosphoric acid groups is 1. The summed E-state index contributed by atoms with van der Waals surface area (Å²) in [7, 11) is 1.36. The summed E-state index contributed by atoms with van der Waals surface area (Å²) in [4.78, 5) is 35.4. The van der Waals surface area contributed by atoms with Crippen molar-refractivity contribution in [3.8, 4) is 0 Å². The molecule has 0 aromatic heterocycles. The highest BCUT2D eigenvalue weighted by atomic mass is 31.2. The molecule has 0 spiro atoms. The van der Waals surface area contributed by atoms with E-state index < -0.39 is 44.7 Å². The molecule has 0 saturated heterocycles. The average Bonchev–Trinajstić information content (AvgIpc) is 3.21. The first-order valence-corrected chi connectivity index (χ1v) is 25.4. The fourth-order valence-corrected chi connectivity index (χ4v) is 6.90. The normalized spacial score (nSPS) is 15.2. The lowest BCUT2D eigenvalue weighted by molar-refractivity contribution is -0.870. The molecular formula is C50H89NO10P+. The second kappa shape index (κ2) is 41.1. The number of aliphatic hydroxyl groups excluding tert-OH is 2. The molecule has 0 aliphatic carbocycles. The van der Waals surface area contributed by atoms with E-state index in [1.807, 2.05) is 64.5 Å². The lowest BCUT2D eigenvalue weighted by atomic mass is 10.0. The number of unbranched alkanes of at least 4 members (excludes halogenated alkanes) is 16. The number of quaternary nitrogens is 1. The Kier molecular flexibility index (Phi) is 39.4. The van der Waals surface area contributed by atoms with Gasteiger partial charge < -0.3 is 29.1 Å². The fourth-order valence-electron chi connectivity index (χ4n) is 6.16. The van der Waals surface area contributed by atoms with Crippen molar-refractivity contribution in [1.82, 2.24) is 0 Å². The third-order valence-corrected chi connectivity index (χ3v) is 10.9. The largest absolute Gasteiger partial charge is 0.472 e. The number of aliphatic hydroxyl groups is 2. The number of likely N-dealkylation sites (N-methyl/N-ethyl adjacent to an activating group) is 1. The van der Waals surface area contributed by atoms with Crippen molar-refractivity contribution in [3.63, 3.8) is 0 Å². The van der Waals surface area contributed by atoms with Gasteiger partial charge in [-0.3, -0.25) is 18.6 Å². The monoisotopic (exact) mass is 895 g/mol. The molecule has 4 atom stereocenters. The summed E-state index contributed by atoms with van der Waals surface area (Å²) in [5.74, 6) is -0.966. The zero-order valence-corrected chi connectivity index (χ0v) is 40.4. The molecule has 358 valence electrons. The maximum absolute atomic E-state index is 12.7. The van der Waals surface area contributed by atoms with Crippen LogP contribution in [0.5, 0.6) is 0 Å². The van der Waals surface area contributed by atoms with E-state index in [2.05, 4.69) is 6.92 Å². The highest BCUT2D eigenvalue weighted by molar-refractivity contribution is 7.47. The van der Waals surface area contributed by atoms with Crippen molar-refractivity contribution >= 4 is 19.8 Å². The first-order valence-electron chi connectivity index (χ1n) is 23.9. The Morgan fingerprint density at radius 2 is 1.10 bits per heavy atom. The third-order valence-electron chi connectivity index (χ3n) is 9.93. The number of phosphoric ester groups is 1. The van der Waals surface area contributed by atoms with E-state index >= 15 is 0 Å². The first kappa shape index (κ1) is 59.4. The molecule has 0 saturated carbocycles. The predicted octanol–water partition coefficient (Wildman–Crippen LogP) is 11.7. The van der Waals surface area contributed by atoms with Crippen LogP contribution in [0.15, 0.2) is 72.9 Å². The van der Waals surface area contributed by atoms with E-state index in [0.29, 0.717) is 43.1 Å². The van der Waals surface area contributed by atoms with Crippen LogP contribution in [-0.4, -0.2) is 97.3 Å². The number of hydrogen-bond acceptors (Lipinski definition) is 9. The predicted molar refractivity (Wildman–Crippen MR) is 254 cm³/mol.